The van der Waals surface area contributed by atoms with Gasteiger partial charge in [-0.15, -0.1) is 0 Å². The summed E-state index contributed by atoms with van der Waals surface area (Å²) in [5.41, 5.74) is 0. The molecule has 0 aromatic carbocycles. The number of nitrogens with zero attached hydrogens (tertiary/aromatic N) is 3. The van der Waals surface area contributed by atoms with E-state index in [4.69, 9.17) is 0 Å². The van der Waals surface area contributed by atoms with Gasteiger partial charge in [-0.05, 0) is 6.92 Å². The Hall–Kier alpha value is -0.580. The Morgan fingerprint density at radius 2 is 2.00 bits per heavy atom. The van der Waals surface area contributed by atoms with Crippen LogP contribution in [0.4, 0.5) is 0 Å². The van der Waals surface area contributed by atoms with Crippen LogP contribution in [-0.4, -0.2) is 49.6 Å². The highest BCUT2D eigenvalue weighted by Crippen LogP contribution is 2.26. The monoisotopic (exact) mass is 221 g/mol. The van der Waals surface area contributed by atoms with E-state index in [1.54, 1.807) is 6.92 Å². The summed E-state index contributed by atoms with van der Waals surface area (Å²) >= 11 is 0. The van der Waals surface area contributed by atoms with E-state index in [9.17, 15) is 4.57 Å². The van der Waals surface area contributed by atoms with Crippen LogP contribution in [0, 0.1) is 0 Å². The van der Waals surface area contributed by atoms with Crippen LogP contribution in [0.25, 0.3) is 0 Å². The van der Waals surface area contributed by atoms with Gasteiger partial charge in [0.15, 0.2) is 0 Å². The molecule has 1 atom stereocenters. The first-order valence-corrected chi connectivity index (χ1v) is 5.76. The van der Waals surface area contributed by atoms with E-state index >= 15 is 0 Å². The lowest BCUT2D eigenvalue weighted by molar-refractivity contribution is -0.196. The van der Waals surface area contributed by atoms with Crippen molar-refractivity contribution in [3.05, 3.63) is 0 Å². The van der Waals surface area contributed by atoms with E-state index in [2.05, 4.69) is 14.3 Å². The molecule has 0 aromatic rings. The van der Waals surface area contributed by atoms with Crippen LogP contribution in [0.2, 0.25) is 0 Å². The van der Waals surface area contributed by atoms with Gasteiger partial charge in [0, 0.05) is 27.2 Å². The first-order valence-electron chi connectivity index (χ1n) is 4.49. The standard InChI is InChI=1S/C7H16N3O3P/c1-4-12-13-14(11)8-7-9(2)5-6-10(7)3/h14H,4-6H2,1-3H3. The van der Waals surface area contributed by atoms with Gasteiger partial charge in [-0.2, -0.15) is 9.44 Å². The van der Waals surface area contributed by atoms with Crippen molar-refractivity contribution in [2.75, 3.05) is 33.8 Å². The molecule has 1 heterocycles. The van der Waals surface area contributed by atoms with Crippen LogP contribution in [0.15, 0.2) is 4.76 Å². The zero-order valence-corrected chi connectivity index (χ0v) is 9.69. The van der Waals surface area contributed by atoms with E-state index in [-0.39, 0.29) is 0 Å². The maximum atomic E-state index is 11.2. The minimum Gasteiger partial charge on any atom is -0.344 e. The Bertz CT molecular complexity index is 234. The van der Waals surface area contributed by atoms with Crippen molar-refractivity contribution >= 4 is 14.1 Å². The summed E-state index contributed by atoms with van der Waals surface area (Å²) in [4.78, 5) is 8.42. The molecule has 7 heteroatoms. The normalized spacial score (nSPS) is 18.9. The Labute approximate surface area is 84.3 Å². The highest BCUT2D eigenvalue weighted by molar-refractivity contribution is 7.37. The maximum absolute atomic E-state index is 11.2. The van der Waals surface area contributed by atoms with Crippen LogP contribution in [0.5, 0.6) is 0 Å². The van der Waals surface area contributed by atoms with Gasteiger partial charge in [0.25, 0.3) is 0 Å². The van der Waals surface area contributed by atoms with Crippen LogP contribution < -0.4 is 0 Å². The maximum Gasteiger partial charge on any atom is 0.334 e. The molecule has 0 spiro atoms. The molecule has 0 saturated carbocycles. The van der Waals surface area contributed by atoms with E-state index in [0.29, 0.717) is 12.6 Å². The second kappa shape index (κ2) is 5.34. The van der Waals surface area contributed by atoms with Crippen molar-refractivity contribution in [1.29, 1.82) is 0 Å². The molecule has 0 radical (unpaired) electrons. The Balaban J connectivity index is 2.53. The molecule has 0 N–H and O–H groups in total. The number of rotatable bonds is 4. The molecule has 1 rings (SSSR count). The molecule has 14 heavy (non-hydrogen) atoms. The number of guanidine groups is 1. The average Bonchev–Trinajstić information content (AvgIpc) is 2.46. The predicted octanol–water partition coefficient (Wildman–Crippen LogP) is 0.577. The van der Waals surface area contributed by atoms with Crippen molar-refractivity contribution in [2.24, 2.45) is 4.76 Å². The lowest BCUT2D eigenvalue weighted by atomic mass is 10.6. The van der Waals surface area contributed by atoms with E-state index < -0.39 is 8.18 Å². The van der Waals surface area contributed by atoms with Gasteiger partial charge in [-0.1, -0.05) is 0 Å². The van der Waals surface area contributed by atoms with Gasteiger partial charge in [-0.3, -0.25) is 4.57 Å². The van der Waals surface area contributed by atoms with Gasteiger partial charge in [-0.25, -0.2) is 4.89 Å². The fraction of sp³-hybridized carbons (Fsp3) is 0.857. The van der Waals surface area contributed by atoms with Crippen molar-refractivity contribution in [2.45, 2.75) is 6.92 Å². The fourth-order valence-electron chi connectivity index (χ4n) is 1.17. The summed E-state index contributed by atoms with van der Waals surface area (Å²) in [6.45, 7) is 3.90. The minimum atomic E-state index is -2.47. The minimum absolute atomic E-state index is 0.368. The van der Waals surface area contributed by atoms with Gasteiger partial charge in [0.1, 0.15) is 0 Å². The molecule has 1 saturated heterocycles. The highest BCUT2D eigenvalue weighted by atomic mass is 31.1. The Morgan fingerprint density at radius 1 is 1.43 bits per heavy atom. The summed E-state index contributed by atoms with van der Waals surface area (Å²) in [6, 6.07) is 0. The van der Waals surface area contributed by atoms with Gasteiger partial charge < -0.3 is 9.80 Å². The quantitative estimate of drug-likeness (QED) is 0.395. The summed E-state index contributed by atoms with van der Waals surface area (Å²) in [7, 11) is 1.33. The SMILES string of the molecule is CCOO[PH](=O)N=C1N(C)CCN1C. The lowest BCUT2D eigenvalue weighted by Gasteiger charge is -2.14. The molecule has 0 aromatic heterocycles. The largest absolute Gasteiger partial charge is 0.344 e. The van der Waals surface area contributed by atoms with E-state index in [1.807, 2.05) is 23.9 Å². The number of hydrogen-bond acceptors (Lipinski definition) is 3. The molecule has 1 unspecified atom stereocenters. The highest BCUT2D eigenvalue weighted by Gasteiger charge is 2.20. The molecule has 0 aliphatic carbocycles. The summed E-state index contributed by atoms with van der Waals surface area (Å²) in [6.07, 6.45) is 0. The molecule has 1 aliphatic rings. The van der Waals surface area contributed by atoms with Gasteiger partial charge >= 0.3 is 8.18 Å². The van der Waals surface area contributed by atoms with Crippen LogP contribution >= 0.6 is 8.18 Å². The first kappa shape index (κ1) is 11.5. The third kappa shape index (κ3) is 2.97. The second-order valence-electron chi connectivity index (χ2n) is 3.01. The average molecular weight is 221 g/mol. The number of hydrogen-bond donors (Lipinski definition) is 0. The van der Waals surface area contributed by atoms with Gasteiger partial charge in [0.2, 0.25) is 5.96 Å². The lowest BCUT2D eigenvalue weighted by Crippen LogP contribution is -2.27. The Kier molecular flexibility index (Phi) is 4.38. The topological polar surface area (TPSA) is 54.4 Å². The zero-order chi connectivity index (χ0) is 10.6. The molecule has 6 nitrogen and oxygen atoms in total. The van der Waals surface area contributed by atoms with Crippen LogP contribution in [-0.2, 0) is 14.1 Å². The Morgan fingerprint density at radius 3 is 2.50 bits per heavy atom. The predicted molar refractivity (Wildman–Crippen MR) is 54.4 cm³/mol. The van der Waals surface area contributed by atoms with Crippen LogP contribution in [0.3, 0.4) is 0 Å². The molecular formula is C7H16N3O3P. The molecule has 0 amide bonds. The van der Waals surface area contributed by atoms with Crippen LogP contribution in [0.1, 0.15) is 6.92 Å². The van der Waals surface area contributed by atoms with Crippen molar-refractivity contribution in [3.8, 4) is 0 Å². The second-order valence-corrected chi connectivity index (χ2v) is 3.93. The van der Waals surface area contributed by atoms with Crippen molar-refractivity contribution < 1.29 is 14.1 Å². The third-order valence-corrected chi connectivity index (χ3v) is 2.54. The van der Waals surface area contributed by atoms with E-state index in [1.165, 1.54) is 0 Å². The summed E-state index contributed by atoms with van der Waals surface area (Å²) in [5.74, 6) is 0.689. The smallest absolute Gasteiger partial charge is 0.334 e. The molecule has 1 aliphatic heterocycles. The molecular weight excluding hydrogens is 205 g/mol. The third-order valence-electron chi connectivity index (χ3n) is 1.89. The molecule has 1 fully saturated rings. The van der Waals surface area contributed by atoms with Gasteiger partial charge in [0.05, 0.1) is 6.61 Å². The number of likely N-dealkylation sites (N-methyl/N-ethyl adjacent to an activating group) is 2. The fourth-order valence-corrected chi connectivity index (χ4v) is 1.93. The van der Waals surface area contributed by atoms with E-state index in [0.717, 1.165) is 13.1 Å². The van der Waals surface area contributed by atoms with Crippen molar-refractivity contribution in [1.82, 2.24) is 9.80 Å². The summed E-state index contributed by atoms with van der Waals surface area (Å²) in [5, 5.41) is 0. The summed E-state index contributed by atoms with van der Waals surface area (Å²) < 4.78 is 19.7. The molecule has 82 valence electrons. The zero-order valence-electron chi connectivity index (χ0n) is 8.69. The molecule has 0 bridgehead atoms. The first-order chi connectivity index (χ1) is 6.65. The van der Waals surface area contributed by atoms with Crippen molar-refractivity contribution in [3.63, 3.8) is 0 Å².